The molecule has 0 unspecified atom stereocenters. The lowest BCUT2D eigenvalue weighted by atomic mass is 9.89. The van der Waals surface area contributed by atoms with Crippen molar-refractivity contribution in [1.29, 1.82) is 0 Å². The van der Waals surface area contributed by atoms with Gasteiger partial charge in [-0.05, 0) is 36.8 Å². The van der Waals surface area contributed by atoms with Gasteiger partial charge in [0, 0.05) is 24.2 Å². The van der Waals surface area contributed by atoms with Gasteiger partial charge in [0.05, 0.1) is 0 Å². The van der Waals surface area contributed by atoms with Crippen LogP contribution in [-0.4, -0.2) is 9.67 Å². The molecular weight excluding hydrogens is 222 g/mol. The van der Waals surface area contributed by atoms with Gasteiger partial charge >= 0.3 is 0 Å². The molecule has 94 valence electrons. The molecule has 1 aromatic heterocycles. The van der Waals surface area contributed by atoms with Gasteiger partial charge < -0.3 is 9.67 Å². The van der Waals surface area contributed by atoms with E-state index in [9.17, 15) is 5.11 Å². The predicted octanol–water partition coefficient (Wildman–Crippen LogP) is 3.57. The van der Waals surface area contributed by atoms with Crippen molar-refractivity contribution >= 4 is 10.9 Å². The first kappa shape index (κ1) is 11.5. The van der Waals surface area contributed by atoms with Crippen LogP contribution in [0.2, 0.25) is 0 Å². The van der Waals surface area contributed by atoms with Gasteiger partial charge in [0.2, 0.25) is 0 Å². The molecule has 0 radical (unpaired) electrons. The van der Waals surface area contributed by atoms with E-state index in [1.807, 2.05) is 19.2 Å². The summed E-state index contributed by atoms with van der Waals surface area (Å²) >= 11 is 0. The molecule has 0 amide bonds. The number of rotatable bonds is 2. The molecule has 18 heavy (non-hydrogen) atoms. The van der Waals surface area contributed by atoms with Crippen LogP contribution in [0.4, 0.5) is 0 Å². The summed E-state index contributed by atoms with van der Waals surface area (Å²) in [4.78, 5) is 0. The SMILES string of the molecule is Cn1c([C@H](O)[C@@H]2C=CCCC2)cc2ccccc21. The van der Waals surface area contributed by atoms with Gasteiger partial charge in [-0.2, -0.15) is 0 Å². The van der Waals surface area contributed by atoms with Crippen LogP contribution >= 0.6 is 0 Å². The van der Waals surface area contributed by atoms with E-state index < -0.39 is 0 Å². The summed E-state index contributed by atoms with van der Waals surface area (Å²) in [5, 5.41) is 11.8. The van der Waals surface area contributed by atoms with Gasteiger partial charge in [-0.3, -0.25) is 0 Å². The lowest BCUT2D eigenvalue weighted by molar-refractivity contribution is 0.117. The highest BCUT2D eigenvalue weighted by Crippen LogP contribution is 2.32. The van der Waals surface area contributed by atoms with Gasteiger partial charge in [0.25, 0.3) is 0 Å². The summed E-state index contributed by atoms with van der Waals surface area (Å²) in [6, 6.07) is 10.4. The summed E-state index contributed by atoms with van der Waals surface area (Å²) in [7, 11) is 2.04. The summed E-state index contributed by atoms with van der Waals surface area (Å²) < 4.78 is 2.11. The second-order valence-corrected chi connectivity index (χ2v) is 5.15. The van der Waals surface area contributed by atoms with E-state index in [0.717, 1.165) is 18.5 Å². The predicted molar refractivity (Wildman–Crippen MR) is 74.4 cm³/mol. The fraction of sp³-hybridized carbons (Fsp3) is 0.375. The minimum absolute atomic E-state index is 0.266. The van der Waals surface area contributed by atoms with Crippen molar-refractivity contribution in [3.8, 4) is 0 Å². The van der Waals surface area contributed by atoms with E-state index >= 15 is 0 Å². The zero-order valence-electron chi connectivity index (χ0n) is 10.7. The third-order valence-corrected chi connectivity index (χ3v) is 3.99. The van der Waals surface area contributed by atoms with Gasteiger partial charge in [-0.15, -0.1) is 0 Å². The van der Waals surface area contributed by atoms with Crippen LogP contribution in [-0.2, 0) is 7.05 Å². The highest BCUT2D eigenvalue weighted by molar-refractivity contribution is 5.81. The Morgan fingerprint density at radius 1 is 1.33 bits per heavy atom. The zero-order chi connectivity index (χ0) is 12.5. The van der Waals surface area contributed by atoms with Gasteiger partial charge in [-0.25, -0.2) is 0 Å². The van der Waals surface area contributed by atoms with E-state index in [-0.39, 0.29) is 12.0 Å². The van der Waals surface area contributed by atoms with Crippen LogP contribution in [0.1, 0.15) is 31.1 Å². The van der Waals surface area contributed by atoms with E-state index in [1.54, 1.807) is 0 Å². The van der Waals surface area contributed by atoms with Crippen LogP contribution < -0.4 is 0 Å². The molecule has 1 heterocycles. The second kappa shape index (κ2) is 4.62. The summed E-state index contributed by atoms with van der Waals surface area (Å²) in [5.41, 5.74) is 2.21. The van der Waals surface area contributed by atoms with Crippen molar-refractivity contribution in [2.75, 3.05) is 0 Å². The van der Waals surface area contributed by atoms with E-state index in [2.05, 4.69) is 34.9 Å². The number of para-hydroxylation sites is 1. The van der Waals surface area contributed by atoms with Crippen LogP contribution in [0.3, 0.4) is 0 Å². The number of aliphatic hydroxyl groups is 1. The smallest absolute Gasteiger partial charge is 0.100 e. The Morgan fingerprint density at radius 2 is 2.17 bits per heavy atom. The first-order valence-corrected chi connectivity index (χ1v) is 6.66. The van der Waals surface area contributed by atoms with E-state index in [1.165, 1.54) is 17.3 Å². The number of aliphatic hydroxyl groups excluding tert-OH is 1. The van der Waals surface area contributed by atoms with Gasteiger partial charge in [-0.1, -0.05) is 30.4 Å². The topological polar surface area (TPSA) is 25.2 Å². The molecule has 0 aliphatic heterocycles. The number of hydrogen-bond acceptors (Lipinski definition) is 1. The second-order valence-electron chi connectivity index (χ2n) is 5.15. The Labute approximate surface area is 108 Å². The Balaban J connectivity index is 2.00. The molecule has 1 aromatic carbocycles. The first-order chi connectivity index (χ1) is 8.77. The van der Waals surface area contributed by atoms with Crippen LogP contribution in [0, 0.1) is 5.92 Å². The molecule has 0 bridgehead atoms. The summed E-state index contributed by atoms with van der Waals surface area (Å²) in [5.74, 6) is 0.266. The standard InChI is InChI=1S/C16H19NO/c1-17-14-10-6-5-9-13(14)11-15(17)16(18)12-7-3-2-4-8-12/h3,5-7,9-12,16,18H,2,4,8H2,1H3/t12-,16-/m1/s1. The average molecular weight is 241 g/mol. The molecule has 1 N–H and O–H groups in total. The summed E-state index contributed by atoms with van der Waals surface area (Å²) in [6.07, 6.45) is 7.39. The third kappa shape index (κ3) is 1.87. The Morgan fingerprint density at radius 3 is 2.89 bits per heavy atom. The highest BCUT2D eigenvalue weighted by atomic mass is 16.3. The number of allylic oxidation sites excluding steroid dienone is 1. The van der Waals surface area contributed by atoms with Crippen molar-refractivity contribution in [2.24, 2.45) is 13.0 Å². The van der Waals surface area contributed by atoms with E-state index in [0.29, 0.717) is 0 Å². The maximum Gasteiger partial charge on any atom is 0.100 e. The number of nitrogens with zero attached hydrogens (tertiary/aromatic N) is 1. The molecule has 3 rings (SSSR count). The maximum atomic E-state index is 10.6. The Kier molecular flexibility index (Phi) is 2.96. The molecular formula is C16H19NO. The molecule has 1 aliphatic carbocycles. The number of fused-ring (bicyclic) bond motifs is 1. The quantitative estimate of drug-likeness (QED) is 0.799. The van der Waals surface area contributed by atoms with Gasteiger partial charge in [0.15, 0.2) is 0 Å². The molecule has 0 spiro atoms. The minimum atomic E-state index is -0.390. The molecule has 2 atom stereocenters. The monoisotopic (exact) mass is 241 g/mol. The number of hydrogen-bond donors (Lipinski definition) is 1. The normalized spacial score (nSPS) is 21.3. The van der Waals surface area contributed by atoms with Crippen molar-refractivity contribution < 1.29 is 5.11 Å². The third-order valence-electron chi connectivity index (χ3n) is 3.99. The molecule has 0 saturated heterocycles. The van der Waals surface area contributed by atoms with Crippen LogP contribution in [0.5, 0.6) is 0 Å². The fourth-order valence-electron chi connectivity index (χ4n) is 2.92. The largest absolute Gasteiger partial charge is 0.386 e. The van der Waals surface area contributed by atoms with Crippen LogP contribution in [0.25, 0.3) is 10.9 Å². The molecule has 0 saturated carbocycles. The molecule has 1 aliphatic rings. The molecule has 0 fully saturated rings. The number of benzene rings is 1. The molecule has 2 nitrogen and oxygen atoms in total. The van der Waals surface area contributed by atoms with E-state index in [4.69, 9.17) is 0 Å². The van der Waals surface area contributed by atoms with Gasteiger partial charge in [0.1, 0.15) is 6.10 Å². The maximum absolute atomic E-state index is 10.6. The minimum Gasteiger partial charge on any atom is -0.386 e. The first-order valence-electron chi connectivity index (χ1n) is 6.66. The van der Waals surface area contributed by atoms with Crippen LogP contribution in [0.15, 0.2) is 42.5 Å². The van der Waals surface area contributed by atoms with Crippen molar-refractivity contribution in [3.05, 3.63) is 48.2 Å². The lowest BCUT2D eigenvalue weighted by Gasteiger charge is -2.23. The molecule has 2 heteroatoms. The van der Waals surface area contributed by atoms with Crippen molar-refractivity contribution in [3.63, 3.8) is 0 Å². The highest BCUT2D eigenvalue weighted by Gasteiger charge is 2.22. The number of aryl methyl sites for hydroxylation is 1. The Hall–Kier alpha value is -1.54. The van der Waals surface area contributed by atoms with Crippen molar-refractivity contribution in [1.82, 2.24) is 4.57 Å². The lowest BCUT2D eigenvalue weighted by Crippen LogP contribution is -2.15. The summed E-state index contributed by atoms with van der Waals surface area (Å²) in [6.45, 7) is 0. The molecule has 2 aromatic rings. The fourth-order valence-corrected chi connectivity index (χ4v) is 2.92. The zero-order valence-corrected chi connectivity index (χ0v) is 10.7. The average Bonchev–Trinajstić information content (AvgIpc) is 2.77. The Bertz CT molecular complexity index is 582. The van der Waals surface area contributed by atoms with Crippen molar-refractivity contribution in [2.45, 2.75) is 25.4 Å². The number of aromatic nitrogens is 1.